The molecule has 0 aromatic heterocycles. The van der Waals surface area contributed by atoms with Gasteiger partial charge in [-0.15, -0.1) is 0 Å². The molecule has 0 aliphatic heterocycles. The average molecular weight is 138 g/mol. The molecule has 1 aliphatic rings. The van der Waals surface area contributed by atoms with Gasteiger partial charge in [0, 0.05) is 12.7 Å². The summed E-state index contributed by atoms with van der Waals surface area (Å²) in [4.78, 5) is 0. The maximum Gasteiger partial charge on any atom is 0.0363 e. The molecule has 2 heteroatoms. The van der Waals surface area contributed by atoms with E-state index >= 15 is 0 Å². The first-order chi connectivity index (χ1) is 4.83. The van der Waals surface area contributed by atoms with Crippen molar-refractivity contribution in [2.24, 2.45) is 11.8 Å². The molecule has 1 rings (SSSR count). The van der Waals surface area contributed by atoms with Crippen LogP contribution in [0.2, 0.25) is 0 Å². The summed E-state index contributed by atoms with van der Waals surface area (Å²) < 4.78 is 0. The zero-order valence-electron chi connectivity index (χ0n) is 6.16. The molecule has 10 heavy (non-hydrogen) atoms. The van der Waals surface area contributed by atoms with Gasteiger partial charge < -0.3 is 5.01 Å². The molecule has 2 nitrogen and oxygen atoms in total. The second kappa shape index (κ2) is 3.42. The monoisotopic (exact) mass is 138 g/mol. The summed E-state index contributed by atoms with van der Waals surface area (Å²) in [5, 5.41) is 1.72. The van der Waals surface area contributed by atoms with E-state index in [-0.39, 0.29) is 0 Å². The van der Waals surface area contributed by atoms with Crippen LogP contribution in [0, 0.1) is 5.92 Å². The van der Waals surface area contributed by atoms with Gasteiger partial charge in [-0.05, 0) is 24.8 Å². The molecule has 0 aromatic rings. The highest BCUT2D eigenvalue weighted by atomic mass is 15.4. The number of rotatable bonds is 4. The smallest absolute Gasteiger partial charge is 0.0363 e. The lowest BCUT2D eigenvalue weighted by atomic mass is 10.4. The largest absolute Gasteiger partial charge is 0.318 e. The van der Waals surface area contributed by atoms with Crippen LogP contribution in [0.15, 0.2) is 24.9 Å². The minimum absolute atomic E-state index is 0.847. The third kappa shape index (κ3) is 2.69. The third-order valence-corrected chi connectivity index (χ3v) is 1.58. The van der Waals surface area contributed by atoms with Crippen molar-refractivity contribution in [3.8, 4) is 0 Å². The maximum atomic E-state index is 5.60. The minimum atomic E-state index is 0.847. The number of hydrazine groups is 1. The van der Waals surface area contributed by atoms with Crippen molar-refractivity contribution in [3.05, 3.63) is 24.9 Å². The van der Waals surface area contributed by atoms with Gasteiger partial charge in [-0.1, -0.05) is 12.7 Å². The number of nitrogens with two attached hydrogens (primary N) is 1. The predicted octanol–water partition coefficient (Wildman–Crippen LogP) is 1.27. The van der Waals surface area contributed by atoms with Gasteiger partial charge in [0.05, 0.1) is 0 Å². The molecule has 1 saturated carbocycles. The fraction of sp³-hybridized carbons (Fsp3) is 0.500. The highest BCUT2D eigenvalue weighted by molar-refractivity contribution is 4.96. The molecule has 2 N–H and O–H groups in total. The second-order valence-electron chi connectivity index (χ2n) is 2.72. The first-order valence-electron chi connectivity index (χ1n) is 3.63. The van der Waals surface area contributed by atoms with Crippen LogP contribution < -0.4 is 5.84 Å². The van der Waals surface area contributed by atoms with Gasteiger partial charge in [-0.2, -0.15) is 0 Å². The summed E-state index contributed by atoms with van der Waals surface area (Å²) in [7, 11) is 0. The highest BCUT2D eigenvalue weighted by Crippen LogP contribution is 2.28. The second-order valence-corrected chi connectivity index (χ2v) is 2.72. The van der Waals surface area contributed by atoms with Gasteiger partial charge in [0.25, 0.3) is 0 Å². The molecule has 0 unspecified atom stereocenters. The molecule has 1 aliphatic carbocycles. The minimum Gasteiger partial charge on any atom is -0.318 e. The highest BCUT2D eigenvalue weighted by Gasteiger charge is 2.21. The van der Waals surface area contributed by atoms with E-state index < -0.39 is 0 Å². The first-order valence-corrected chi connectivity index (χ1v) is 3.63. The van der Waals surface area contributed by atoms with Crippen LogP contribution >= 0.6 is 0 Å². The van der Waals surface area contributed by atoms with Crippen LogP contribution in [0.25, 0.3) is 0 Å². The van der Waals surface area contributed by atoms with E-state index in [0.717, 1.165) is 12.5 Å². The fourth-order valence-electron chi connectivity index (χ4n) is 0.831. The van der Waals surface area contributed by atoms with Crippen LogP contribution in [0.5, 0.6) is 0 Å². The molecule has 0 bridgehead atoms. The topological polar surface area (TPSA) is 29.3 Å². The fourth-order valence-corrected chi connectivity index (χ4v) is 0.831. The van der Waals surface area contributed by atoms with Gasteiger partial charge >= 0.3 is 0 Å². The third-order valence-electron chi connectivity index (χ3n) is 1.58. The molecule has 0 amide bonds. The Bertz CT molecular complexity index is 136. The maximum absolute atomic E-state index is 5.60. The molecule has 0 atom stereocenters. The average Bonchev–Trinajstić information content (AvgIpc) is 2.67. The van der Waals surface area contributed by atoms with Crippen LogP contribution in [-0.2, 0) is 0 Å². The molecular formula is C8H14N2. The normalized spacial score (nSPS) is 17.7. The van der Waals surface area contributed by atoms with Gasteiger partial charge in [-0.25, -0.2) is 5.84 Å². The quantitative estimate of drug-likeness (QED) is 0.360. The standard InChI is InChI=1S/C8H14N2/c1-2-3-6-10(9)7-8-4-5-8/h2-3,6,8H,1,4-5,7,9H2/b6-3+. The Labute approximate surface area is 62.0 Å². The van der Waals surface area contributed by atoms with Crippen molar-refractivity contribution in [1.29, 1.82) is 0 Å². The molecular weight excluding hydrogens is 124 g/mol. The summed E-state index contributed by atoms with van der Waals surface area (Å²) in [6, 6.07) is 0. The van der Waals surface area contributed by atoms with Crippen molar-refractivity contribution in [1.82, 2.24) is 5.01 Å². The Morgan fingerprint density at radius 3 is 2.80 bits per heavy atom. The van der Waals surface area contributed by atoms with E-state index in [2.05, 4.69) is 6.58 Å². The summed E-state index contributed by atoms with van der Waals surface area (Å²) in [5.41, 5.74) is 0. The van der Waals surface area contributed by atoms with Gasteiger partial charge in [0.1, 0.15) is 0 Å². The Hall–Kier alpha value is -0.760. The van der Waals surface area contributed by atoms with E-state index in [4.69, 9.17) is 5.84 Å². The summed E-state index contributed by atoms with van der Waals surface area (Å²) in [6.07, 6.45) is 8.12. The molecule has 0 saturated heterocycles. The number of hydrogen-bond donors (Lipinski definition) is 1. The van der Waals surface area contributed by atoms with Crippen LogP contribution in [0.1, 0.15) is 12.8 Å². The van der Waals surface area contributed by atoms with Crippen LogP contribution in [0.3, 0.4) is 0 Å². The van der Waals surface area contributed by atoms with Gasteiger partial charge in [0.15, 0.2) is 0 Å². The van der Waals surface area contributed by atoms with Gasteiger partial charge in [-0.3, -0.25) is 0 Å². The van der Waals surface area contributed by atoms with Crippen molar-refractivity contribution in [2.45, 2.75) is 12.8 Å². The van der Waals surface area contributed by atoms with E-state index in [9.17, 15) is 0 Å². The van der Waals surface area contributed by atoms with Crippen molar-refractivity contribution >= 4 is 0 Å². The SMILES string of the molecule is C=C/C=C/N(N)CC1CC1. The number of nitrogens with zero attached hydrogens (tertiary/aromatic N) is 1. The van der Waals surface area contributed by atoms with Crippen molar-refractivity contribution in [2.75, 3.05) is 6.54 Å². The lowest BCUT2D eigenvalue weighted by molar-refractivity contribution is 0.375. The Morgan fingerprint density at radius 2 is 2.30 bits per heavy atom. The van der Waals surface area contributed by atoms with Crippen molar-refractivity contribution < 1.29 is 0 Å². The Morgan fingerprint density at radius 1 is 1.60 bits per heavy atom. The molecule has 0 heterocycles. The predicted molar refractivity (Wildman–Crippen MR) is 43.0 cm³/mol. The summed E-state index contributed by atoms with van der Waals surface area (Å²) in [6.45, 7) is 4.55. The van der Waals surface area contributed by atoms with E-state index in [1.165, 1.54) is 12.8 Å². The van der Waals surface area contributed by atoms with E-state index in [1.807, 2.05) is 12.3 Å². The zero-order valence-corrected chi connectivity index (χ0v) is 6.16. The zero-order chi connectivity index (χ0) is 7.40. The van der Waals surface area contributed by atoms with E-state index in [0.29, 0.717) is 0 Å². The Kier molecular flexibility index (Phi) is 2.51. The van der Waals surface area contributed by atoms with Gasteiger partial charge in [0.2, 0.25) is 0 Å². The van der Waals surface area contributed by atoms with Crippen molar-refractivity contribution in [3.63, 3.8) is 0 Å². The molecule has 56 valence electrons. The van der Waals surface area contributed by atoms with Crippen LogP contribution in [0.4, 0.5) is 0 Å². The number of hydrogen-bond acceptors (Lipinski definition) is 2. The Balaban J connectivity index is 2.12. The summed E-state index contributed by atoms with van der Waals surface area (Å²) in [5.74, 6) is 6.45. The number of allylic oxidation sites excluding steroid dienone is 2. The van der Waals surface area contributed by atoms with Crippen LogP contribution in [-0.4, -0.2) is 11.6 Å². The lowest BCUT2D eigenvalue weighted by Crippen LogP contribution is -2.26. The molecule has 0 spiro atoms. The lowest BCUT2D eigenvalue weighted by Gasteiger charge is -2.11. The molecule has 0 radical (unpaired) electrons. The van der Waals surface area contributed by atoms with E-state index in [1.54, 1.807) is 11.1 Å². The first kappa shape index (κ1) is 7.35. The molecule has 1 fully saturated rings. The summed E-state index contributed by atoms with van der Waals surface area (Å²) >= 11 is 0. The molecule has 0 aromatic carbocycles.